The Bertz CT molecular complexity index is 324. The molecule has 1 aliphatic heterocycles. The zero-order chi connectivity index (χ0) is 7.84. The van der Waals surface area contributed by atoms with Crippen molar-refractivity contribution in [1.82, 2.24) is 0 Å². The van der Waals surface area contributed by atoms with Crippen LogP contribution in [0, 0.1) is 6.92 Å². The molecule has 0 aliphatic carbocycles. The lowest BCUT2D eigenvalue weighted by atomic mass is 10.2. The van der Waals surface area contributed by atoms with Crippen LogP contribution in [0.4, 0.5) is 0 Å². The number of fused-ring (bicyclic) bond motifs is 1. The van der Waals surface area contributed by atoms with Crippen LogP contribution in [0.2, 0.25) is 0 Å². The minimum absolute atomic E-state index is 1.07. The van der Waals surface area contributed by atoms with Crippen molar-refractivity contribution in [2.75, 3.05) is 0 Å². The average Bonchev–Trinajstić information content (AvgIpc) is 2.31. The van der Waals surface area contributed by atoms with Crippen molar-refractivity contribution >= 4 is 6.08 Å². The van der Waals surface area contributed by atoms with Gasteiger partial charge in [0.1, 0.15) is 0 Å². The molecule has 0 saturated heterocycles. The third-order valence-electron chi connectivity index (χ3n) is 2.13. The van der Waals surface area contributed by atoms with E-state index in [2.05, 4.69) is 42.8 Å². The summed E-state index contributed by atoms with van der Waals surface area (Å²) in [5, 5.41) is 0. The first-order valence-electron chi connectivity index (χ1n) is 3.93. The molecule has 0 spiro atoms. The van der Waals surface area contributed by atoms with E-state index < -0.39 is 0 Å². The Hall–Kier alpha value is -1.11. The Morgan fingerprint density at radius 2 is 2.18 bits per heavy atom. The predicted octanol–water partition coefficient (Wildman–Crippen LogP) is 1.70. The molecular formula is C10H12N+. The topological polar surface area (TPSA) is 3.88 Å². The van der Waals surface area contributed by atoms with Crippen LogP contribution in [0.15, 0.2) is 23.9 Å². The third kappa shape index (κ3) is 0.967. The maximum absolute atomic E-state index is 2.28. The minimum Gasteiger partial charge on any atom is -0.195 e. The molecule has 0 atom stereocenters. The molecule has 11 heavy (non-hydrogen) atoms. The number of hydrogen-bond acceptors (Lipinski definition) is 0. The molecule has 2 heterocycles. The molecule has 0 amide bonds. The van der Waals surface area contributed by atoms with Gasteiger partial charge >= 0.3 is 0 Å². The van der Waals surface area contributed by atoms with E-state index >= 15 is 0 Å². The Morgan fingerprint density at radius 1 is 1.36 bits per heavy atom. The quantitative estimate of drug-likeness (QED) is 0.490. The molecule has 0 unspecified atom stereocenters. The highest BCUT2D eigenvalue weighted by molar-refractivity contribution is 5.50. The first-order chi connectivity index (χ1) is 5.27. The summed E-state index contributed by atoms with van der Waals surface area (Å²) in [4.78, 5) is 0. The second-order valence-electron chi connectivity index (χ2n) is 3.20. The molecule has 0 radical (unpaired) electrons. The van der Waals surface area contributed by atoms with Gasteiger partial charge in [0, 0.05) is 17.7 Å². The van der Waals surface area contributed by atoms with Crippen LogP contribution in [0.5, 0.6) is 0 Å². The SMILES string of the molecule is CC1=Cc2c(C)ccc[n+]2C1. The smallest absolute Gasteiger partial charge is 0.195 e. The second-order valence-corrected chi connectivity index (χ2v) is 3.20. The fraction of sp³-hybridized carbons (Fsp3) is 0.300. The molecule has 1 aromatic rings. The van der Waals surface area contributed by atoms with Crippen LogP contribution in [0.1, 0.15) is 18.2 Å². The molecule has 2 rings (SSSR count). The lowest BCUT2D eigenvalue weighted by Gasteiger charge is -1.94. The van der Waals surface area contributed by atoms with Crippen LogP contribution in [0.25, 0.3) is 6.08 Å². The summed E-state index contributed by atoms with van der Waals surface area (Å²) in [6.45, 7) is 5.39. The summed E-state index contributed by atoms with van der Waals surface area (Å²) in [6, 6.07) is 4.26. The van der Waals surface area contributed by atoms with Crippen LogP contribution >= 0.6 is 0 Å². The van der Waals surface area contributed by atoms with Crippen LogP contribution < -0.4 is 4.57 Å². The predicted molar refractivity (Wildman–Crippen MR) is 45.0 cm³/mol. The third-order valence-corrected chi connectivity index (χ3v) is 2.13. The highest BCUT2D eigenvalue weighted by Gasteiger charge is 2.17. The summed E-state index contributed by atoms with van der Waals surface area (Å²) in [5.74, 6) is 0. The van der Waals surface area contributed by atoms with Crippen molar-refractivity contribution in [3.63, 3.8) is 0 Å². The van der Waals surface area contributed by atoms with Crippen molar-refractivity contribution in [3.05, 3.63) is 35.2 Å². The van der Waals surface area contributed by atoms with E-state index in [1.54, 1.807) is 0 Å². The lowest BCUT2D eigenvalue weighted by molar-refractivity contribution is -0.686. The molecule has 1 nitrogen and oxygen atoms in total. The molecule has 0 N–H and O–H groups in total. The van der Waals surface area contributed by atoms with E-state index in [9.17, 15) is 0 Å². The zero-order valence-corrected chi connectivity index (χ0v) is 6.96. The molecular weight excluding hydrogens is 134 g/mol. The highest BCUT2D eigenvalue weighted by Crippen LogP contribution is 2.13. The molecule has 0 saturated carbocycles. The standard InChI is InChI=1S/C10H12N/c1-8-6-10-9(2)4-3-5-11(10)7-8/h3-6H,7H2,1-2H3/q+1. The number of aromatic nitrogens is 1. The number of rotatable bonds is 0. The number of hydrogen-bond donors (Lipinski definition) is 0. The minimum atomic E-state index is 1.07. The van der Waals surface area contributed by atoms with Gasteiger partial charge in [0.15, 0.2) is 12.7 Å². The summed E-state index contributed by atoms with van der Waals surface area (Å²) in [5.41, 5.74) is 4.17. The maximum Gasteiger partial charge on any atom is 0.208 e. The van der Waals surface area contributed by atoms with Crippen molar-refractivity contribution in [1.29, 1.82) is 0 Å². The van der Waals surface area contributed by atoms with Gasteiger partial charge in [-0.2, -0.15) is 4.57 Å². The van der Waals surface area contributed by atoms with Crippen LogP contribution in [-0.2, 0) is 6.54 Å². The number of allylic oxidation sites excluding steroid dienone is 1. The largest absolute Gasteiger partial charge is 0.208 e. The van der Waals surface area contributed by atoms with Gasteiger partial charge in [0.05, 0.1) is 0 Å². The second kappa shape index (κ2) is 2.19. The first kappa shape index (κ1) is 6.59. The van der Waals surface area contributed by atoms with Crippen LogP contribution in [-0.4, -0.2) is 0 Å². The summed E-state index contributed by atoms with van der Waals surface area (Å²) >= 11 is 0. The van der Waals surface area contributed by atoms with Gasteiger partial charge in [-0.15, -0.1) is 0 Å². The van der Waals surface area contributed by atoms with Crippen molar-refractivity contribution in [3.8, 4) is 0 Å². The van der Waals surface area contributed by atoms with E-state index in [0.717, 1.165) is 6.54 Å². The molecule has 56 valence electrons. The Balaban J connectivity index is 2.61. The van der Waals surface area contributed by atoms with Gasteiger partial charge in [0.2, 0.25) is 5.69 Å². The van der Waals surface area contributed by atoms with Gasteiger partial charge in [-0.1, -0.05) is 0 Å². The first-order valence-corrected chi connectivity index (χ1v) is 3.93. The Morgan fingerprint density at radius 3 is 2.91 bits per heavy atom. The normalized spacial score (nSPS) is 14.5. The summed E-state index contributed by atoms with van der Waals surface area (Å²) in [6.07, 6.45) is 4.39. The molecule has 0 fully saturated rings. The fourth-order valence-corrected chi connectivity index (χ4v) is 1.57. The van der Waals surface area contributed by atoms with Crippen molar-refractivity contribution in [2.45, 2.75) is 20.4 Å². The van der Waals surface area contributed by atoms with Crippen LogP contribution in [0.3, 0.4) is 0 Å². The van der Waals surface area contributed by atoms with Crippen molar-refractivity contribution in [2.24, 2.45) is 0 Å². The maximum atomic E-state index is 2.28. The fourth-order valence-electron chi connectivity index (χ4n) is 1.57. The van der Waals surface area contributed by atoms with E-state index in [0.29, 0.717) is 0 Å². The molecule has 0 aromatic carbocycles. The van der Waals surface area contributed by atoms with Gasteiger partial charge in [-0.3, -0.25) is 0 Å². The van der Waals surface area contributed by atoms with E-state index in [1.807, 2.05) is 0 Å². The van der Waals surface area contributed by atoms with Gasteiger partial charge < -0.3 is 0 Å². The molecule has 1 aromatic heterocycles. The monoisotopic (exact) mass is 146 g/mol. The number of pyridine rings is 1. The van der Waals surface area contributed by atoms with E-state index in [-0.39, 0.29) is 0 Å². The van der Waals surface area contributed by atoms with Crippen molar-refractivity contribution < 1.29 is 4.57 Å². The lowest BCUT2D eigenvalue weighted by Crippen LogP contribution is -2.33. The molecule has 0 bridgehead atoms. The van der Waals surface area contributed by atoms with Gasteiger partial charge in [-0.05, 0) is 25.5 Å². The zero-order valence-electron chi connectivity index (χ0n) is 6.96. The van der Waals surface area contributed by atoms with Gasteiger partial charge in [0.25, 0.3) is 0 Å². The molecule has 1 heteroatoms. The highest BCUT2D eigenvalue weighted by atomic mass is 15.0. The Kier molecular flexibility index (Phi) is 1.31. The number of aryl methyl sites for hydroxylation is 1. The number of nitrogens with zero attached hydrogens (tertiary/aromatic N) is 1. The summed E-state index contributed by atoms with van der Waals surface area (Å²) in [7, 11) is 0. The average molecular weight is 146 g/mol. The van der Waals surface area contributed by atoms with Gasteiger partial charge in [-0.25, -0.2) is 0 Å². The summed E-state index contributed by atoms with van der Waals surface area (Å²) < 4.78 is 2.28. The Labute approximate surface area is 67.0 Å². The van der Waals surface area contributed by atoms with E-state index in [1.165, 1.54) is 16.8 Å². The van der Waals surface area contributed by atoms with E-state index in [4.69, 9.17) is 0 Å². The molecule has 1 aliphatic rings.